The number of carbonyl (C=O) groups is 3. The number of Topliss-reactive ketones (excluding diaryl/α,β-unsaturated/α-hetero) is 1. The van der Waals surface area contributed by atoms with Gasteiger partial charge in [-0.05, 0) is 18.2 Å². The number of esters is 1. The van der Waals surface area contributed by atoms with Crippen molar-refractivity contribution >= 4 is 35.1 Å². The third kappa shape index (κ3) is 2.53. The second-order valence-corrected chi connectivity index (χ2v) is 4.83. The molecule has 0 aliphatic carbocycles. The molecule has 0 radical (unpaired) electrons. The van der Waals surface area contributed by atoms with Crippen molar-refractivity contribution in [1.29, 1.82) is 0 Å². The van der Waals surface area contributed by atoms with Gasteiger partial charge in [-0.15, -0.1) is 11.8 Å². The van der Waals surface area contributed by atoms with Crippen LogP contribution in [0.15, 0.2) is 23.1 Å². The van der Waals surface area contributed by atoms with E-state index in [0.29, 0.717) is 23.4 Å². The van der Waals surface area contributed by atoms with Gasteiger partial charge in [-0.3, -0.25) is 14.4 Å². The van der Waals surface area contributed by atoms with Crippen LogP contribution in [0.1, 0.15) is 16.8 Å². The summed E-state index contributed by atoms with van der Waals surface area (Å²) < 4.78 is 4.54. The summed E-state index contributed by atoms with van der Waals surface area (Å²) in [6.07, 6.45) is 0.323. The number of methoxy groups -OCH3 is 1. The molecule has 0 saturated heterocycles. The van der Waals surface area contributed by atoms with Crippen molar-refractivity contribution in [2.45, 2.75) is 11.3 Å². The number of rotatable bonds is 4. The molecule has 2 rings (SSSR count). The van der Waals surface area contributed by atoms with Gasteiger partial charge in [0.15, 0.2) is 0 Å². The van der Waals surface area contributed by atoms with E-state index in [2.05, 4.69) is 10.1 Å². The average molecular weight is 265 g/mol. The van der Waals surface area contributed by atoms with E-state index in [4.69, 9.17) is 0 Å². The smallest absolute Gasteiger partial charge is 0.306 e. The fourth-order valence-corrected chi connectivity index (χ4v) is 2.44. The quantitative estimate of drug-likeness (QED) is 0.507. The molecule has 1 N–H and O–H groups in total. The summed E-state index contributed by atoms with van der Waals surface area (Å²) in [5.74, 6) is -0.766. The minimum absolute atomic E-state index is 0.257. The van der Waals surface area contributed by atoms with Gasteiger partial charge in [0.25, 0.3) is 11.7 Å². The second-order valence-electron chi connectivity index (χ2n) is 3.67. The average Bonchev–Trinajstić information content (AvgIpc) is 2.64. The number of anilines is 1. The van der Waals surface area contributed by atoms with Gasteiger partial charge < -0.3 is 10.1 Å². The van der Waals surface area contributed by atoms with Gasteiger partial charge >= 0.3 is 5.97 Å². The van der Waals surface area contributed by atoms with E-state index in [0.717, 1.165) is 4.90 Å². The van der Waals surface area contributed by atoms with Crippen LogP contribution in [-0.4, -0.2) is 30.5 Å². The Balaban J connectivity index is 2.01. The highest BCUT2D eigenvalue weighted by molar-refractivity contribution is 7.99. The number of amides is 1. The molecule has 5 nitrogen and oxygen atoms in total. The topological polar surface area (TPSA) is 72.5 Å². The molecule has 0 bridgehead atoms. The minimum Gasteiger partial charge on any atom is -0.469 e. The number of ketones is 1. The zero-order chi connectivity index (χ0) is 13.1. The normalized spacial score (nSPS) is 13.2. The maximum absolute atomic E-state index is 11.4. The standard InChI is InChI=1S/C12H11NO4S/c1-17-10(14)4-5-18-7-2-3-8-9(6-7)13-12(16)11(8)15/h2-3,6H,4-5H2,1H3,(H,13,15,16). The molecule has 1 aliphatic heterocycles. The number of hydrogen-bond acceptors (Lipinski definition) is 5. The number of benzene rings is 1. The predicted molar refractivity (Wildman–Crippen MR) is 66.8 cm³/mol. The lowest BCUT2D eigenvalue weighted by Gasteiger charge is -2.03. The Bertz CT molecular complexity index is 527. The molecule has 94 valence electrons. The van der Waals surface area contributed by atoms with Gasteiger partial charge in [0.1, 0.15) is 0 Å². The van der Waals surface area contributed by atoms with E-state index in [1.54, 1.807) is 18.2 Å². The molecule has 0 spiro atoms. The number of carbonyl (C=O) groups excluding carboxylic acids is 3. The third-order valence-corrected chi connectivity index (χ3v) is 3.49. The van der Waals surface area contributed by atoms with Crippen LogP contribution in [0.5, 0.6) is 0 Å². The zero-order valence-corrected chi connectivity index (χ0v) is 10.5. The van der Waals surface area contributed by atoms with Gasteiger partial charge in [0.05, 0.1) is 24.8 Å². The molecular formula is C12H11NO4S. The highest BCUT2D eigenvalue weighted by Gasteiger charge is 2.27. The minimum atomic E-state index is -0.596. The lowest BCUT2D eigenvalue weighted by atomic mass is 10.1. The molecule has 1 aliphatic rings. The van der Waals surface area contributed by atoms with Crippen LogP contribution in [-0.2, 0) is 14.3 Å². The summed E-state index contributed by atoms with van der Waals surface area (Å²) >= 11 is 1.47. The third-order valence-electron chi connectivity index (χ3n) is 2.49. The van der Waals surface area contributed by atoms with E-state index < -0.39 is 11.7 Å². The summed E-state index contributed by atoms with van der Waals surface area (Å²) in [6, 6.07) is 5.12. The fraction of sp³-hybridized carbons (Fsp3) is 0.250. The van der Waals surface area contributed by atoms with E-state index in [9.17, 15) is 14.4 Å². The lowest BCUT2D eigenvalue weighted by Crippen LogP contribution is -2.12. The summed E-state index contributed by atoms with van der Waals surface area (Å²) in [6.45, 7) is 0. The van der Waals surface area contributed by atoms with Gasteiger partial charge in [-0.25, -0.2) is 0 Å². The first-order valence-corrected chi connectivity index (χ1v) is 6.29. The van der Waals surface area contributed by atoms with Crippen LogP contribution in [0.3, 0.4) is 0 Å². The van der Waals surface area contributed by atoms with Crippen molar-refractivity contribution < 1.29 is 19.1 Å². The van der Waals surface area contributed by atoms with Crippen LogP contribution in [0.2, 0.25) is 0 Å². The van der Waals surface area contributed by atoms with Crippen molar-refractivity contribution in [1.82, 2.24) is 0 Å². The largest absolute Gasteiger partial charge is 0.469 e. The maximum Gasteiger partial charge on any atom is 0.306 e. The first kappa shape index (κ1) is 12.6. The molecule has 1 heterocycles. The Morgan fingerprint density at radius 2 is 2.17 bits per heavy atom. The first-order chi connectivity index (χ1) is 8.61. The Morgan fingerprint density at radius 1 is 1.39 bits per heavy atom. The van der Waals surface area contributed by atoms with Crippen molar-refractivity contribution in [3.8, 4) is 0 Å². The monoisotopic (exact) mass is 265 g/mol. The van der Waals surface area contributed by atoms with Crippen molar-refractivity contribution in [2.75, 3.05) is 18.2 Å². The molecule has 0 fully saturated rings. The Kier molecular flexibility index (Phi) is 3.66. The maximum atomic E-state index is 11.4. The number of ether oxygens (including phenoxy) is 1. The molecule has 18 heavy (non-hydrogen) atoms. The summed E-state index contributed by atoms with van der Waals surface area (Å²) in [7, 11) is 1.35. The summed E-state index contributed by atoms with van der Waals surface area (Å²) in [4.78, 5) is 34.4. The summed E-state index contributed by atoms with van der Waals surface area (Å²) in [5, 5.41) is 2.50. The lowest BCUT2D eigenvalue weighted by molar-refractivity contribution is -0.140. The van der Waals surface area contributed by atoms with E-state index in [1.807, 2.05) is 0 Å². The van der Waals surface area contributed by atoms with Crippen LogP contribution < -0.4 is 5.32 Å². The van der Waals surface area contributed by atoms with Crippen molar-refractivity contribution in [2.24, 2.45) is 0 Å². The Morgan fingerprint density at radius 3 is 2.89 bits per heavy atom. The van der Waals surface area contributed by atoms with Gasteiger partial charge in [0, 0.05) is 10.6 Å². The van der Waals surface area contributed by atoms with Gasteiger partial charge in [-0.1, -0.05) is 0 Å². The van der Waals surface area contributed by atoms with Crippen LogP contribution in [0, 0.1) is 0 Å². The van der Waals surface area contributed by atoms with Crippen LogP contribution >= 0.6 is 11.8 Å². The van der Waals surface area contributed by atoms with Crippen LogP contribution in [0.25, 0.3) is 0 Å². The number of hydrogen-bond donors (Lipinski definition) is 1. The second kappa shape index (κ2) is 5.22. The number of nitrogens with one attached hydrogen (secondary N) is 1. The summed E-state index contributed by atoms with van der Waals surface area (Å²) in [5.41, 5.74) is 0.936. The highest BCUT2D eigenvalue weighted by atomic mass is 32.2. The number of thioether (sulfide) groups is 1. The Labute approximate surface area is 108 Å². The van der Waals surface area contributed by atoms with E-state index in [1.165, 1.54) is 18.9 Å². The first-order valence-electron chi connectivity index (χ1n) is 5.31. The van der Waals surface area contributed by atoms with Gasteiger partial charge in [0.2, 0.25) is 0 Å². The number of fused-ring (bicyclic) bond motifs is 1. The van der Waals surface area contributed by atoms with E-state index in [-0.39, 0.29) is 5.97 Å². The van der Waals surface area contributed by atoms with Gasteiger partial charge in [-0.2, -0.15) is 0 Å². The fourth-order valence-electron chi connectivity index (χ4n) is 1.57. The molecule has 6 heteroatoms. The SMILES string of the molecule is COC(=O)CCSc1ccc2c(c1)NC(=O)C2=O. The highest BCUT2D eigenvalue weighted by Crippen LogP contribution is 2.29. The molecule has 0 aromatic heterocycles. The molecule has 0 atom stereocenters. The predicted octanol–water partition coefficient (Wildman–Crippen LogP) is 1.48. The molecular weight excluding hydrogens is 254 g/mol. The molecule has 0 unspecified atom stereocenters. The molecule has 1 amide bonds. The Hall–Kier alpha value is -1.82. The van der Waals surface area contributed by atoms with Crippen molar-refractivity contribution in [3.63, 3.8) is 0 Å². The van der Waals surface area contributed by atoms with Crippen LogP contribution in [0.4, 0.5) is 5.69 Å². The van der Waals surface area contributed by atoms with Crippen molar-refractivity contribution in [3.05, 3.63) is 23.8 Å². The molecule has 1 aromatic carbocycles. The van der Waals surface area contributed by atoms with E-state index >= 15 is 0 Å². The molecule has 0 saturated carbocycles. The zero-order valence-electron chi connectivity index (χ0n) is 9.69. The molecule has 1 aromatic rings.